The van der Waals surface area contributed by atoms with Crippen LogP contribution in [0.5, 0.6) is 5.75 Å². The molecule has 0 heterocycles. The molecule has 98 valence electrons. The largest absolute Gasteiger partial charge is 0.423 e. The summed E-state index contributed by atoms with van der Waals surface area (Å²) in [4.78, 5) is 12.0. The van der Waals surface area contributed by atoms with Gasteiger partial charge in [-0.3, -0.25) is 4.21 Å². The fourth-order valence-corrected chi connectivity index (χ4v) is 2.33. The standard InChI is InChI=1S/C15H14O3S/c1-19(17)11-12-6-5-7-13(10-12)15(16)18-14-8-3-2-4-9-14/h2-10H,11H2,1H3. The van der Waals surface area contributed by atoms with E-state index in [1.54, 1.807) is 48.7 Å². The molecule has 2 rings (SSSR count). The first-order chi connectivity index (χ1) is 9.15. The van der Waals surface area contributed by atoms with Crippen LogP contribution in [0.2, 0.25) is 0 Å². The number of ether oxygens (including phenoxy) is 1. The average molecular weight is 274 g/mol. The number of benzene rings is 2. The first kappa shape index (κ1) is 13.5. The van der Waals surface area contributed by atoms with E-state index in [9.17, 15) is 9.00 Å². The van der Waals surface area contributed by atoms with Crippen LogP contribution in [0.3, 0.4) is 0 Å². The molecule has 0 saturated carbocycles. The summed E-state index contributed by atoms with van der Waals surface area (Å²) in [5, 5.41) is 0. The first-order valence-electron chi connectivity index (χ1n) is 5.81. The first-order valence-corrected chi connectivity index (χ1v) is 7.54. The van der Waals surface area contributed by atoms with Crippen LogP contribution in [0, 0.1) is 0 Å². The third-order valence-electron chi connectivity index (χ3n) is 2.49. The monoisotopic (exact) mass is 274 g/mol. The van der Waals surface area contributed by atoms with Crippen molar-refractivity contribution in [3.05, 3.63) is 65.7 Å². The summed E-state index contributed by atoms with van der Waals surface area (Å²) >= 11 is 0. The lowest BCUT2D eigenvalue weighted by Crippen LogP contribution is -2.09. The van der Waals surface area contributed by atoms with Crippen LogP contribution in [-0.4, -0.2) is 16.4 Å². The second-order valence-corrected chi connectivity index (χ2v) is 5.56. The normalized spacial score (nSPS) is 11.8. The summed E-state index contributed by atoms with van der Waals surface area (Å²) in [6.07, 6.45) is 1.63. The molecule has 0 amide bonds. The average Bonchev–Trinajstić information content (AvgIpc) is 2.39. The van der Waals surface area contributed by atoms with Crippen LogP contribution in [-0.2, 0) is 16.6 Å². The highest BCUT2D eigenvalue weighted by atomic mass is 32.2. The molecule has 0 radical (unpaired) electrons. The zero-order valence-corrected chi connectivity index (χ0v) is 11.4. The highest BCUT2D eigenvalue weighted by Crippen LogP contribution is 2.13. The third-order valence-corrected chi connectivity index (χ3v) is 3.23. The van der Waals surface area contributed by atoms with Gasteiger partial charge in [-0.1, -0.05) is 30.3 Å². The second kappa shape index (κ2) is 6.29. The highest BCUT2D eigenvalue weighted by Gasteiger charge is 2.09. The predicted octanol–water partition coefficient (Wildman–Crippen LogP) is 2.78. The molecule has 4 heteroatoms. The molecule has 0 aliphatic heterocycles. The van der Waals surface area contributed by atoms with Crippen molar-refractivity contribution < 1.29 is 13.7 Å². The van der Waals surface area contributed by atoms with Gasteiger partial charge < -0.3 is 4.74 Å². The Bertz CT molecular complexity index is 593. The molecular formula is C15H14O3S. The van der Waals surface area contributed by atoms with Crippen LogP contribution in [0.25, 0.3) is 0 Å². The van der Waals surface area contributed by atoms with Crippen molar-refractivity contribution in [2.24, 2.45) is 0 Å². The van der Waals surface area contributed by atoms with Gasteiger partial charge in [-0.05, 0) is 29.8 Å². The number of rotatable bonds is 4. The molecule has 19 heavy (non-hydrogen) atoms. The van der Waals surface area contributed by atoms with E-state index in [0.717, 1.165) is 5.56 Å². The highest BCUT2D eigenvalue weighted by molar-refractivity contribution is 7.83. The molecular weight excluding hydrogens is 260 g/mol. The second-order valence-electron chi connectivity index (χ2n) is 4.12. The van der Waals surface area contributed by atoms with Crippen molar-refractivity contribution >= 4 is 16.8 Å². The van der Waals surface area contributed by atoms with Crippen molar-refractivity contribution in [3.63, 3.8) is 0 Å². The molecule has 1 atom stereocenters. The molecule has 0 fully saturated rings. The van der Waals surface area contributed by atoms with Gasteiger partial charge in [0.1, 0.15) is 5.75 Å². The van der Waals surface area contributed by atoms with E-state index in [1.807, 2.05) is 12.1 Å². The Morgan fingerprint density at radius 1 is 1.11 bits per heavy atom. The van der Waals surface area contributed by atoms with Crippen LogP contribution >= 0.6 is 0 Å². The molecule has 3 nitrogen and oxygen atoms in total. The molecule has 2 aromatic carbocycles. The maximum Gasteiger partial charge on any atom is 0.343 e. The Morgan fingerprint density at radius 2 is 1.84 bits per heavy atom. The Hall–Kier alpha value is -1.94. The van der Waals surface area contributed by atoms with Crippen LogP contribution < -0.4 is 4.74 Å². The summed E-state index contributed by atoms with van der Waals surface area (Å²) < 4.78 is 16.4. The SMILES string of the molecule is CS(=O)Cc1cccc(C(=O)Oc2ccccc2)c1. The van der Waals surface area contributed by atoms with E-state index >= 15 is 0 Å². The van der Waals surface area contributed by atoms with Gasteiger partial charge in [0, 0.05) is 22.8 Å². The van der Waals surface area contributed by atoms with E-state index in [-0.39, 0.29) is 0 Å². The minimum atomic E-state index is -0.928. The number of para-hydroxylation sites is 1. The number of carbonyl (C=O) groups is 1. The van der Waals surface area contributed by atoms with Gasteiger partial charge in [-0.15, -0.1) is 0 Å². The fourth-order valence-electron chi connectivity index (χ4n) is 1.68. The number of esters is 1. The molecule has 0 bridgehead atoms. The van der Waals surface area contributed by atoms with Crippen LogP contribution in [0.15, 0.2) is 54.6 Å². The van der Waals surface area contributed by atoms with Gasteiger partial charge in [0.25, 0.3) is 0 Å². The van der Waals surface area contributed by atoms with Gasteiger partial charge in [0.15, 0.2) is 0 Å². The van der Waals surface area contributed by atoms with Crippen molar-refractivity contribution in [1.29, 1.82) is 0 Å². The fraction of sp³-hybridized carbons (Fsp3) is 0.133. The van der Waals surface area contributed by atoms with Crippen molar-refractivity contribution in [3.8, 4) is 5.75 Å². The molecule has 0 spiro atoms. The van der Waals surface area contributed by atoms with Gasteiger partial charge in [0.05, 0.1) is 5.56 Å². The van der Waals surface area contributed by atoms with E-state index < -0.39 is 16.8 Å². The van der Waals surface area contributed by atoms with Gasteiger partial charge in [-0.25, -0.2) is 4.79 Å². The molecule has 0 saturated heterocycles. The van der Waals surface area contributed by atoms with Crippen LogP contribution in [0.1, 0.15) is 15.9 Å². The molecule has 0 aliphatic carbocycles. The minimum absolute atomic E-state index is 0.407. The topological polar surface area (TPSA) is 43.4 Å². The summed E-state index contributed by atoms with van der Waals surface area (Å²) in [6, 6.07) is 15.9. The lowest BCUT2D eigenvalue weighted by atomic mass is 10.1. The Morgan fingerprint density at radius 3 is 2.53 bits per heavy atom. The quantitative estimate of drug-likeness (QED) is 0.636. The predicted molar refractivity (Wildman–Crippen MR) is 75.6 cm³/mol. The lowest BCUT2D eigenvalue weighted by Gasteiger charge is -2.05. The van der Waals surface area contributed by atoms with E-state index in [0.29, 0.717) is 17.1 Å². The zero-order chi connectivity index (χ0) is 13.7. The molecule has 1 unspecified atom stereocenters. The van der Waals surface area contributed by atoms with Crippen molar-refractivity contribution in [2.45, 2.75) is 5.75 Å². The Balaban J connectivity index is 2.13. The third kappa shape index (κ3) is 4.03. The van der Waals surface area contributed by atoms with E-state index in [1.165, 1.54) is 0 Å². The van der Waals surface area contributed by atoms with Crippen molar-refractivity contribution in [1.82, 2.24) is 0 Å². The van der Waals surface area contributed by atoms with Gasteiger partial charge in [-0.2, -0.15) is 0 Å². The smallest absolute Gasteiger partial charge is 0.343 e. The molecule has 2 aromatic rings. The van der Waals surface area contributed by atoms with Crippen molar-refractivity contribution in [2.75, 3.05) is 6.26 Å². The maximum absolute atomic E-state index is 12.0. The summed E-state index contributed by atoms with van der Waals surface area (Å²) in [6.45, 7) is 0. The summed E-state index contributed by atoms with van der Waals surface area (Å²) in [5.74, 6) is 0.541. The summed E-state index contributed by atoms with van der Waals surface area (Å²) in [5.41, 5.74) is 1.33. The zero-order valence-electron chi connectivity index (χ0n) is 10.5. The van der Waals surface area contributed by atoms with Crippen LogP contribution in [0.4, 0.5) is 0 Å². The van der Waals surface area contributed by atoms with Gasteiger partial charge >= 0.3 is 5.97 Å². The Kier molecular flexibility index (Phi) is 4.47. The number of hydrogen-bond donors (Lipinski definition) is 0. The molecule has 0 aromatic heterocycles. The number of carbonyl (C=O) groups excluding carboxylic acids is 1. The van der Waals surface area contributed by atoms with E-state index in [4.69, 9.17) is 4.74 Å². The molecule has 0 aliphatic rings. The summed E-state index contributed by atoms with van der Waals surface area (Å²) in [7, 11) is -0.928. The Labute approximate surface area is 114 Å². The maximum atomic E-state index is 12.0. The van der Waals surface area contributed by atoms with Gasteiger partial charge in [0.2, 0.25) is 0 Å². The lowest BCUT2D eigenvalue weighted by molar-refractivity contribution is 0.0734. The number of hydrogen-bond acceptors (Lipinski definition) is 3. The van der Waals surface area contributed by atoms with E-state index in [2.05, 4.69) is 0 Å². The minimum Gasteiger partial charge on any atom is -0.423 e. The molecule has 0 N–H and O–H groups in total.